The number of hydrogen-bond acceptors (Lipinski definition) is 2. The fourth-order valence-electron chi connectivity index (χ4n) is 2.78. The van der Waals surface area contributed by atoms with Gasteiger partial charge in [0.1, 0.15) is 5.69 Å². The molecule has 1 heterocycles. The topological polar surface area (TPSA) is 57.8 Å². The third kappa shape index (κ3) is 2.99. The van der Waals surface area contributed by atoms with Gasteiger partial charge in [0.2, 0.25) is 0 Å². The molecule has 0 atom stereocenters. The van der Waals surface area contributed by atoms with Gasteiger partial charge in [-0.2, -0.15) is 5.10 Å². The van der Waals surface area contributed by atoms with Crippen LogP contribution in [0.15, 0.2) is 72.8 Å². The lowest BCUT2D eigenvalue weighted by atomic mass is 10.0. The molecule has 3 aromatic carbocycles. The number of aromatic amines is 1. The van der Waals surface area contributed by atoms with Crippen LogP contribution in [-0.4, -0.2) is 16.1 Å². The molecule has 4 aromatic rings. The summed E-state index contributed by atoms with van der Waals surface area (Å²) in [4.78, 5) is 12.4. The van der Waals surface area contributed by atoms with Crippen LogP contribution in [-0.2, 0) is 0 Å². The van der Waals surface area contributed by atoms with Crippen molar-refractivity contribution in [1.29, 1.82) is 0 Å². The SMILES string of the molecule is O=C(Nc1ccccc1Cl)c1cc(-c2cccc3ccccc23)n[nH]1. The number of nitrogens with zero attached hydrogens (tertiary/aromatic N) is 1. The van der Waals surface area contributed by atoms with Crippen molar-refractivity contribution in [3.8, 4) is 11.3 Å². The van der Waals surface area contributed by atoms with Gasteiger partial charge in [-0.1, -0.05) is 66.2 Å². The highest BCUT2D eigenvalue weighted by atomic mass is 35.5. The van der Waals surface area contributed by atoms with Gasteiger partial charge in [0.25, 0.3) is 5.91 Å². The fourth-order valence-corrected chi connectivity index (χ4v) is 2.96. The van der Waals surface area contributed by atoms with E-state index in [1.54, 1.807) is 18.2 Å². The Bertz CT molecular complexity index is 1070. The van der Waals surface area contributed by atoms with Gasteiger partial charge in [0.05, 0.1) is 16.4 Å². The highest BCUT2D eigenvalue weighted by Gasteiger charge is 2.13. The highest BCUT2D eigenvalue weighted by molar-refractivity contribution is 6.33. The summed E-state index contributed by atoms with van der Waals surface area (Å²) < 4.78 is 0. The number of hydrogen-bond donors (Lipinski definition) is 2. The van der Waals surface area contributed by atoms with Gasteiger partial charge in [0.15, 0.2) is 0 Å². The average molecular weight is 348 g/mol. The van der Waals surface area contributed by atoms with Crippen LogP contribution in [0.4, 0.5) is 5.69 Å². The number of fused-ring (bicyclic) bond motifs is 1. The zero-order valence-electron chi connectivity index (χ0n) is 13.2. The Kier molecular flexibility index (Phi) is 3.96. The second kappa shape index (κ2) is 6.42. The van der Waals surface area contributed by atoms with E-state index in [2.05, 4.69) is 27.6 Å². The molecular formula is C20H14ClN3O. The van der Waals surface area contributed by atoms with Gasteiger partial charge < -0.3 is 5.32 Å². The molecule has 25 heavy (non-hydrogen) atoms. The molecule has 0 bridgehead atoms. The van der Waals surface area contributed by atoms with E-state index in [9.17, 15) is 4.79 Å². The predicted molar refractivity (Wildman–Crippen MR) is 101 cm³/mol. The van der Waals surface area contributed by atoms with Crippen molar-refractivity contribution in [2.75, 3.05) is 5.32 Å². The van der Waals surface area contributed by atoms with Crippen LogP contribution in [0.3, 0.4) is 0 Å². The molecule has 4 rings (SSSR count). The van der Waals surface area contributed by atoms with Crippen molar-refractivity contribution in [2.45, 2.75) is 0 Å². The summed E-state index contributed by atoms with van der Waals surface area (Å²) >= 11 is 6.08. The van der Waals surface area contributed by atoms with Gasteiger partial charge in [0, 0.05) is 5.56 Å². The molecule has 0 aliphatic rings. The van der Waals surface area contributed by atoms with E-state index in [0.717, 1.165) is 22.0 Å². The maximum atomic E-state index is 12.4. The van der Waals surface area contributed by atoms with Crippen LogP contribution < -0.4 is 5.32 Å². The molecule has 2 N–H and O–H groups in total. The molecule has 0 fully saturated rings. The lowest BCUT2D eigenvalue weighted by Gasteiger charge is -2.05. The molecule has 1 aromatic heterocycles. The zero-order valence-corrected chi connectivity index (χ0v) is 13.9. The standard InChI is InChI=1S/C20H14ClN3O/c21-16-10-3-4-11-17(16)22-20(25)19-12-18(23-24-19)15-9-5-7-13-6-1-2-8-14(13)15/h1-12H,(H,22,25)(H,23,24). The Balaban J connectivity index is 1.66. The second-order valence-corrected chi connectivity index (χ2v) is 6.03. The number of aromatic nitrogens is 2. The van der Waals surface area contributed by atoms with E-state index in [0.29, 0.717) is 16.4 Å². The monoisotopic (exact) mass is 347 g/mol. The van der Waals surface area contributed by atoms with E-state index >= 15 is 0 Å². The van der Waals surface area contributed by atoms with Gasteiger partial charge in [-0.3, -0.25) is 9.89 Å². The Morgan fingerprint density at radius 3 is 2.60 bits per heavy atom. The van der Waals surface area contributed by atoms with Crippen LogP contribution in [0.1, 0.15) is 10.5 Å². The van der Waals surface area contributed by atoms with E-state index < -0.39 is 0 Å². The van der Waals surface area contributed by atoms with Crippen molar-refractivity contribution in [3.05, 3.63) is 83.5 Å². The summed E-state index contributed by atoms with van der Waals surface area (Å²) in [6, 6.07) is 23.0. The van der Waals surface area contributed by atoms with Gasteiger partial charge in [-0.25, -0.2) is 0 Å². The Morgan fingerprint density at radius 1 is 0.960 bits per heavy atom. The number of para-hydroxylation sites is 1. The van der Waals surface area contributed by atoms with Crippen LogP contribution in [0.25, 0.3) is 22.0 Å². The predicted octanol–water partition coefficient (Wildman–Crippen LogP) is 5.14. The van der Waals surface area contributed by atoms with E-state index in [4.69, 9.17) is 11.6 Å². The van der Waals surface area contributed by atoms with Crippen molar-refractivity contribution in [1.82, 2.24) is 10.2 Å². The minimum Gasteiger partial charge on any atom is -0.319 e. The number of amides is 1. The third-order valence-electron chi connectivity index (χ3n) is 4.01. The summed E-state index contributed by atoms with van der Waals surface area (Å²) in [7, 11) is 0. The minimum atomic E-state index is -0.285. The maximum Gasteiger partial charge on any atom is 0.273 e. The lowest BCUT2D eigenvalue weighted by molar-refractivity contribution is 0.102. The molecular weight excluding hydrogens is 334 g/mol. The number of carbonyl (C=O) groups is 1. The second-order valence-electron chi connectivity index (χ2n) is 5.63. The van der Waals surface area contributed by atoms with Crippen LogP contribution >= 0.6 is 11.6 Å². The first-order valence-electron chi connectivity index (χ1n) is 7.82. The van der Waals surface area contributed by atoms with Crippen molar-refractivity contribution in [2.24, 2.45) is 0 Å². The first kappa shape index (κ1) is 15.4. The molecule has 0 aliphatic heterocycles. The Labute approximate surface area is 149 Å². The zero-order chi connectivity index (χ0) is 17.2. The molecule has 0 aliphatic carbocycles. The summed E-state index contributed by atoms with van der Waals surface area (Å²) in [5.41, 5.74) is 2.64. The summed E-state index contributed by atoms with van der Waals surface area (Å²) in [5, 5.41) is 12.6. The van der Waals surface area contributed by atoms with Crippen LogP contribution in [0, 0.1) is 0 Å². The summed E-state index contributed by atoms with van der Waals surface area (Å²) in [5.74, 6) is -0.285. The van der Waals surface area contributed by atoms with Crippen molar-refractivity contribution < 1.29 is 4.79 Å². The first-order chi connectivity index (χ1) is 12.2. The third-order valence-corrected chi connectivity index (χ3v) is 4.34. The van der Waals surface area contributed by atoms with E-state index in [1.807, 2.05) is 42.5 Å². The van der Waals surface area contributed by atoms with Gasteiger partial charge in [-0.15, -0.1) is 0 Å². The number of carbonyl (C=O) groups excluding carboxylic acids is 1. The Morgan fingerprint density at radius 2 is 1.72 bits per heavy atom. The first-order valence-corrected chi connectivity index (χ1v) is 8.19. The molecule has 0 spiro atoms. The fraction of sp³-hybridized carbons (Fsp3) is 0. The van der Waals surface area contributed by atoms with Crippen LogP contribution in [0.2, 0.25) is 5.02 Å². The minimum absolute atomic E-state index is 0.285. The number of anilines is 1. The molecule has 5 heteroatoms. The smallest absolute Gasteiger partial charge is 0.273 e. The van der Waals surface area contributed by atoms with Gasteiger partial charge >= 0.3 is 0 Å². The van der Waals surface area contributed by atoms with Crippen molar-refractivity contribution >= 4 is 34.0 Å². The molecule has 4 nitrogen and oxygen atoms in total. The number of H-pyrrole nitrogens is 1. The largest absolute Gasteiger partial charge is 0.319 e. The number of rotatable bonds is 3. The average Bonchev–Trinajstić information content (AvgIpc) is 3.13. The maximum absolute atomic E-state index is 12.4. The molecule has 1 amide bonds. The normalized spacial score (nSPS) is 10.8. The lowest BCUT2D eigenvalue weighted by Crippen LogP contribution is -2.12. The Hall–Kier alpha value is -3.11. The van der Waals surface area contributed by atoms with Gasteiger partial charge in [-0.05, 0) is 29.0 Å². The number of halogens is 1. The number of benzene rings is 3. The molecule has 0 radical (unpaired) electrons. The van der Waals surface area contributed by atoms with E-state index in [-0.39, 0.29) is 5.91 Å². The highest BCUT2D eigenvalue weighted by Crippen LogP contribution is 2.28. The van der Waals surface area contributed by atoms with Crippen molar-refractivity contribution in [3.63, 3.8) is 0 Å². The molecule has 0 saturated carbocycles. The number of nitrogens with one attached hydrogen (secondary N) is 2. The quantitative estimate of drug-likeness (QED) is 0.539. The van der Waals surface area contributed by atoms with Crippen LogP contribution in [0.5, 0.6) is 0 Å². The summed E-state index contributed by atoms with van der Waals surface area (Å²) in [6.45, 7) is 0. The molecule has 0 unspecified atom stereocenters. The molecule has 0 saturated heterocycles. The molecule has 122 valence electrons. The summed E-state index contributed by atoms with van der Waals surface area (Å²) in [6.07, 6.45) is 0. The van der Waals surface area contributed by atoms with E-state index in [1.165, 1.54) is 0 Å².